The Morgan fingerprint density at radius 1 is 1.18 bits per heavy atom. The van der Waals surface area contributed by atoms with Crippen molar-refractivity contribution in [1.29, 1.82) is 0 Å². The molecule has 1 aromatic rings. The van der Waals surface area contributed by atoms with Crippen molar-refractivity contribution in [3.8, 4) is 0 Å². The van der Waals surface area contributed by atoms with Gasteiger partial charge in [-0.25, -0.2) is 4.79 Å². The summed E-state index contributed by atoms with van der Waals surface area (Å²) in [6.45, 7) is 14.9. The maximum atomic E-state index is 13.2. The van der Waals surface area contributed by atoms with Crippen molar-refractivity contribution in [2.75, 3.05) is 20.8 Å². The first-order chi connectivity index (χ1) is 16.0. The van der Waals surface area contributed by atoms with Gasteiger partial charge in [0.2, 0.25) is 0 Å². The summed E-state index contributed by atoms with van der Waals surface area (Å²) in [6, 6.07) is 1.64. The van der Waals surface area contributed by atoms with Crippen molar-refractivity contribution in [2.45, 2.75) is 67.3 Å². The monoisotopic (exact) mass is 468 g/mol. The van der Waals surface area contributed by atoms with Gasteiger partial charge in [0.25, 0.3) is 0 Å². The molecular weight excluding hydrogens is 428 g/mol. The van der Waals surface area contributed by atoms with Crippen LogP contribution in [0.1, 0.15) is 83.4 Å². The number of carbonyl (C=O) groups is 1. The lowest BCUT2D eigenvalue weighted by Crippen LogP contribution is -2.30. The van der Waals surface area contributed by atoms with Gasteiger partial charge in [-0.15, -0.1) is 0 Å². The molecular formula is C28H40N2O4. The lowest BCUT2D eigenvalue weighted by molar-refractivity contribution is 0.0523. The smallest absolute Gasteiger partial charge is 0.343 e. The van der Waals surface area contributed by atoms with Gasteiger partial charge >= 0.3 is 5.97 Å². The lowest BCUT2D eigenvalue weighted by Gasteiger charge is -2.36. The molecule has 0 radical (unpaired) electrons. The highest BCUT2D eigenvalue weighted by Gasteiger charge is 2.31. The summed E-state index contributed by atoms with van der Waals surface area (Å²) in [5.74, 6) is 0.220. The minimum atomic E-state index is -0.590. The lowest BCUT2D eigenvalue weighted by atomic mass is 9.82. The molecule has 1 heterocycles. The molecule has 0 spiro atoms. The molecule has 0 saturated heterocycles. The van der Waals surface area contributed by atoms with Gasteiger partial charge in [-0.05, 0) is 42.7 Å². The minimum Gasteiger partial charge on any atom is -0.494 e. The van der Waals surface area contributed by atoms with E-state index in [0.29, 0.717) is 5.76 Å². The fourth-order valence-corrected chi connectivity index (χ4v) is 4.61. The number of hydrogen-bond donors (Lipinski definition) is 0. The zero-order chi connectivity index (χ0) is 25.6. The molecule has 0 aliphatic heterocycles. The Bertz CT molecular complexity index is 1080. The van der Waals surface area contributed by atoms with Crippen molar-refractivity contribution in [3.63, 3.8) is 0 Å². The SMILES string of the molecule is CCOC(=O)c1cn(C(CC)C(C)(C)C)c(/C(=C2\C=CC=C(OC)C2=NC)C(C)CC)cc1=O. The van der Waals surface area contributed by atoms with E-state index in [0.717, 1.165) is 35.4 Å². The quantitative estimate of drug-likeness (QED) is 0.439. The van der Waals surface area contributed by atoms with Crippen LogP contribution in [-0.2, 0) is 9.47 Å². The number of ether oxygens (including phenoxy) is 2. The Hall–Kier alpha value is -2.89. The normalized spacial score (nSPS) is 18.4. The Labute approximate surface area is 204 Å². The Morgan fingerprint density at radius 3 is 2.35 bits per heavy atom. The molecule has 186 valence electrons. The topological polar surface area (TPSA) is 69.9 Å². The Balaban J connectivity index is 3.01. The zero-order valence-electron chi connectivity index (χ0n) is 22.2. The van der Waals surface area contributed by atoms with E-state index in [1.807, 2.05) is 18.2 Å². The van der Waals surface area contributed by atoms with Crippen molar-refractivity contribution >= 4 is 17.3 Å². The van der Waals surface area contributed by atoms with Crippen molar-refractivity contribution in [1.82, 2.24) is 4.57 Å². The first kappa shape index (κ1) is 27.4. The fourth-order valence-electron chi connectivity index (χ4n) is 4.61. The second kappa shape index (κ2) is 11.5. The third kappa shape index (κ3) is 5.60. The average molecular weight is 469 g/mol. The van der Waals surface area contributed by atoms with Crippen LogP contribution in [0, 0.1) is 11.3 Å². The molecule has 0 N–H and O–H groups in total. The Kier molecular flexibility index (Phi) is 9.25. The zero-order valence-corrected chi connectivity index (χ0v) is 22.2. The fraction of sp³-hybridized carbons (Fsp3) is 0.536. The second-order valence-corrected chi connectivity index (χ2v) is 9.66. The van der Waals surface area contributed by atoms with Crippen molar-refractivity contribution < 1.29 is 14.3 Å². The van der Waals surface area contributed by atoms with E-state index in [-0.39, 0.29) is 35.0 Å². The van der Waals surface area contributed by atoms with E-state index in [1.54, 1.807) is 33.3 Å². The number of nitrogens with zero attached hydrogens (tertiary/aromatic N) is 2. The first-order valence-corrected chi connectivity index (χ1v) is 12.1. The van der Waals surface area contributed by atoms with Crippen LogP contribution in [0.2, 0.25) is 0 Å². The number of aromatic nitrogens is 1. The number of esters is 1. The summed E-state index contributed by atoms with van der Waals surface area (Å²) in [7, 11) is 3.38. The molecule has 2 atom stereocenters. The molecule has 6 nitrogen and oxygen atoms in total. The van der Waals surface area contributed by atoms with Gasteiger partial charge in [0.15, 0.2) is 5.43 Å². The summed E-state index contributed by atoms with van der Waals surface area (Å²) in [6.07, 6.45) is 9.26. The summed E-state index contributed by atoms with van der Waals surface area (Å²) in [5, 5.41) is 0. The molecule has 1 aliphatic rings. The number of carbonyl (C=O) groups excluding carboxylic acids is 1. The van der Waals surface area contributed by atoms with Crippen LogP contribution >= 0.6 is 0 Å². The Morgan fingerprint density at radius 2 is 1.85 bits per heavy atom. The van der Waals surface area contributed by atoms with Gasteiger partial charge in [0.1, 0.15) is 17.0 Å². The summed E-state index contributed by atoms with van der Waals surface area (Å²) in [4.78, 5) is 30.4. The van der Waals surface area contributed by atoms with Crippen LogP contribution in [0.15, 0.2) is 51.6 Å². The summed E-state index contributed by atoms with van der Waals surface area (Å²) < 4.78 is 12.9. The van der Waals surface area contributed by atoms with E-state index < -0.39 is 5.97 Å². The number of pyridine rings is 1. The van der Waals surface area contributed by atoms with E-state index in [4.69, 9.17) is 9.47 Å². The number of rotatable bonds is 8. The third-order valence-corrected chi connectivity index (χ3v) is 6.41. The second-order valence-electron chi connectivity index (χ2n) is 9.66. The molecule has 0 amide bonds. The van der Waals surface area contributed by atoms with E-state index in [1.165, 1.54) is 0 Å². The maximum absolute atomic E-state index is 13.2. The van der Waals surface area contributed by atoms with Crippen LogP contribution in [0.4, 0.5) is 0 Å². The molecule has 2 rings (SSSR count). The predicted molar refractivity (Wildman–Crippen MR) is 139 cm³/mol. The summed E-state index contributed by atoms with van der Waals surface area (Å²) >= 11 is 0. The number of aliphatic imine (C=N–C) groups is 1. The third-order valence-electron chi connectivity index (χ3n) is 6.41. The molecule has 34 heavy (non-hydrogen) atoms. The highest BCUT2D eigenvalue weighted by molar-refractivity contribution is 6.18. The minimum absolute atomic E-state index is 0.0444. The summed E-state index contributed by atoms with van der Waals surface area (Å²) in [5.41, 5.74) is 3.09. The molecule has 2 unspecified atom stereocenters. The van der Waals surface area contributed by atoms with Crippen LogP contribution in [0.25, 0.3) is 5.57 Å². The number of hydrogen-bond acceptors (Lipinski definition) is 5. The van der Waals surface area contributed by atoms with Gasteiger partial charge in [0.05, 0.1) is 13.7 Å². The molecule has 1 aromatic heterocycles. The number of methoxy groups -OCH3 is 1. The number of allylic oxidation sites excluding steroid dienone is 5. The van der Waals surface area contributed by atoms with E-state index >= 15 is 0 Å². The highest BCUT2D eigenvalue weighted by Crippen LogP contribution is 2.39. The van der Waals surface area contributed by atoms with E-state index in [9.17, 15) is 9.59 Å². The molecule has 6 heteroatoms. The standard InChI is InChI=1S/C28H40N2O4/c1-10-18(4)25(19-14-13-15-23(33-9)26(19)29-8)21-16-22(31)20(27(32)34-12-3)17-30(21)24(11-2)28(5,6)7/h13-18,24H,10-12H2,1-9H3/b25-19+,29-26?. The highest BCUT2D eigenvalue weighted by atomic mass is 16.5. The maximum Gasteiger partial charge on any atom is 0.343 e. The molecule has 0 saturated carbocycles. The molecule has 0 bridgehead atoms. The molecule has 0 fully saturated rings. The average Bonchev–Trinajstić information content (AvgIpc) is 2.79. The first-order valence-electron chi connectivity index (χ1n) is 12.1. The van der Waals surface area contributed by atoms with Gasteiger partial charge in [-0.3, -0.25) is 9.79 Å². The van der Waals surface area contributed by atoms with Gasteiger partial charge in [-0.2, -0.15) is 0 Å². The largest absolute Gasteiger partial charge is 0.494 e. The van der Waals surface area contributed by atoms with Crippen LogP contribution < -0.4 is 5.43 Å². The molecule has 1 aliphatic carbocycles. The van der Waals surface area contributed by atoms with Crippen molar-refractivity contribution in [3.05, 3.63) is 63.3 Å². The van der Waals surface area contributed by atoms with Gasteiger partial charge in [0, 0.05) is 36.6 Å². The van der Waals surface area contributed by atoms with Gasteiger partial charge < -0.3 is 14.0 Å². The van der Waals surface area contributed by atoms with Crippen LogP contribution in [0.3, 0.4) is 0 Å². The molecule has 0 aromatic carbocycles. The van der Waals surface area contributed by atoms with Crippen molar-refractivity contribution in [2.24, 2.45) is 16.3 Å². The van der Waals surface area contributed by atoms with Gasteiger partial charge in [-0.1, -0.05) is 53.7 Å². The van der Waals surface area contributed by atoms with Crippen LogP contribution in [0.5, 0.6) is 0 Å². The predicted octanol–water partition coefficient (Wildman–Crippen LogP) is 5.99. The van der Waals surface area contributed by atoms with E-state index in [2.05, 4.69) is 51.1 Å². The van der Waals surface area contributed by atoms with Crippen LogP contribution in [-0.4, -0.2) is 37.0 Å².